The summed E-state index contributed by atoms with van der Waals surface area (Å²) in [5.41, 5.74) is 1.39. The first kappa shape index (κ1) is 21.4. The fourth-order valence-electron chi connectivity index (χ4n) is 2.57. The van der Waals surface area contributed by atoms with Crippen molar-refractivity contribution in [3.05, 3.63) is 78.4 Å². The van der Waals surface area contributed by atoms with E-state index >= 15 is 0 Å². The molecule has 0 aliphatic heterocycles. The number of esters is 1. The summed E-state index contributed by atoms with van der Waals surface area (Å²) in [6, 6.07) is 13.3. The average Bonchev–Trinajstić information content (AvgIpc) is 2.80. The highest BCUT2D eigenvalue weighted by Crippen LogP contribution is 2.24. The molecule has 3 aromatic rings. The van der Waals surface area contributed by atoms with Gasteiger partial charge in [-0.25, -0.2) is 9.78 Å². The molecule has 0 radical (unpaired) electrons. The number of rotatable bonds is 7. The van der Waals surface area contributed by atoms with Crippen LogP contribution in [0, 0.1) is 0 Å². The predicted octanol–water partition coefficient (Wildman–Crippen LogP) is 2.92. The smallest absolute Gasteiger partial charge is 0.359 e. The third-order valence-electron chi connectivity index (χ3n) is 4.20. The number of hydrogen-bond acceptors (Lipinski definition) is 7. The number of anilines is 2. The van der Waals surface area contributed by atoms with E-state index in [9.17, 15) is 14.4 Å². The lowest BCUT2D eigenvalue weighted by molar-refractivity contribution is -0.123. The van der Waals surface area contributed by atoms with E-state index in [2.05, 4.69) is 20.6 Å². The van der Waals surface area contributed by atoms with Gasteiger partial charge in [-0.1, -0.05) is 12.1 Å². The Balaban J connectivity index is 1.57. The van der Waals surface area contributed by atoms with Crippen molar-refractivity contribution in [3.63, 3.8) is 0 Å². The van der Waals surface area contributed by atoms with Gasteiger partial charge in [0.15, 0.2) is 11.8 Å². The molecule has 0 spiro atoms. The molecule has 3 rings (SSSR count). The van der Waals surface area contributed by atoms with E-state index in [1.807, 2.05) is 0 Å². The molecule has 0 saturated heterocycles. The standard InChI is InChI=1S/C22H20N4O5/c1-14(31-22(29)18-13-23-11-12-24-18)20(27)25-16-9-7-15(8-10-16)21(28)26-17-5-3-4-6-19(17)30-2/h3-14H,1-2H3,(H,25,27)(H,26,28). The average molecular weight is 420 g/mol. The summed E-state index contributed by atoms with van der Waals surface area (Å²) in [5, 5.41) is 5.40. The predicted molar refractivity (Wildman–Crippen MR) is 113 cm³/mol. The maximum absolute atomic E-state index is 12.5. The summed E-state index contributed by atoms with van der Waals surface area (Å²) in [7, 11) is 1.52. The van der Waals surface area contributed by atoms with Crippen LogP contribution < -0.4 is 15.4 Å². The van der Waals surface area contributed by atoms with Crippen molar-refractivity contribution in [2.45, 2.75) is 13.0 Å². The zero-order valence-corrected chi connectivity index (χ0v) is 16.9. The monoisotopic (exact) mass is 420 g/mol. The molecule has 0 aliphatic carbocycles. The Labute approximate surface area is 178 Å². The van der Waals surface area contributed by atoms with Gasteiger partial charge >= 0.3 is 5.97 Å². The third-order valence-corrected chi connectivity index (χ3v) is 4.20. The highest BCUT2D eigenvalue weighted by Gasteiger charge is 2.20. The largest absolute Gasteiger partial charge is 0.495 e. The second-order valence-corrected chi connectivity index (χ2v) is 6.36. The quantitative estimate of drug-likeness (QED) is 0.564. The molecule has 0 fully saturated rings. The van der Waals surface area contributed by atoms with Crippen molar-refractivity contribution < 1.29 is 23.9 Å². The number of aromatic nitrogens is 2. The molecule has 9 nitrogen and oxygen atoms in total. The van der Waals surface area contributed by atoms with E-state index < -0.39 is 18.0 Å². The van der Waals surface area contributed by atoms with Crippen LogP contribution in [-0.2, 0) is 9.53 Å². The van der Waals surface area contributed by atoms with E-state index in [0.717, 1.165) is 0 Å². The number of benzene rings is 2. The van der Waals surface area contributed by atoms with Gasteiger partial charge in [0, 0.05) is 23.6 Å². The van der Waals surface area contributed by atoms with Crippen molar-refractivity contribution in [3.8, 4) is 5.75 Å². The topological polar surface area (TPSA) is 120 Å². The molecular formula is C22H20N4O5. The lowest BCUT2D eigenvalue weighted by atomic mass is 10.2. The van der Waals surface area contributed by atoms with E-state index in [1.165, 1.54) is 32.6 Å². The van der Waals surface area contributed by atoms with Crippen LogP contribution in [0.5, 0.6) is 5.75 Å². The molecule has 1 atom stereocenters. The highest BCUT2D eigenvalue weighted by molar-refractivity contribution is 6.05. The molecule has 0 saturated carbocycles. The number of amides is 2. The highest BCUT2D eigenvalue weighted by atomic mass is 16.5. The van der Waals surface area contributed by atoms with E-state index in [4.69, 9.17) is 9.47 Å². The minimum atomic E-state index is -1.05. The summed E-state index contributed by atoms with van der Waals surface area (Å²) >= 11 is 0. The van der Waals surface area contributed by atoms with Gasteiger partial charge in [0.25, 0.3) is 11.8 Å². The number of methoxy groups -OCH3 is 1. The van der Waals surface area contributed by atoms with Gasteiger partial charge in [-0.3, -0.25) is 14.6 Å². The van der Waals surface area contributed by atoms with Crippen molar-refractivity contribution in [1.29, 1.82) is 0 Å². The second kappa shape index (κ2) is 9.97. The summed E-state index contributed by atoms with van der Waals surface area (Å²) < 4.78 is 10.3. The maximum atomic E-state index is 12.5. The van der Waals surface area contributed by atoms with Crippen LogP contribution in [0.1, 0.15) is 27.8 Å². The van der Waals surface area contributed by atoms with Crippen molar-refractivity contribution in [2.24, 2.45) is 0 Å². The number of para-hydroxylation sites is 2. The van der Waals surface area contributed by atoms with Gasteiger partial charge < -0.3 is 20.1 Å². The van der Waals surface area contributed by atoms with Crippen LogP contribution in [0.4, 0.5) is 11.4 Å². The third kappa shape index (κ3) is 5.63. The zero-order valence-electron chi connectivity index (χ0n) is 16.9. The minimum absolute atomic E-state index is 0.00700. The molecule has 158 valence electrons. The molecule has 9 heteroatoms. The normalized spacial score (nSPS) is 11.2. The molecule has 1 aromatic heterocycles. The van der Waals surface area contributed by atoms with Crippen LogP contribution in [-0.4, -0.2) is 41.0 Å². The Hall–Kier alpha value is -4.27. The fraction of sp³-hybridized carbons (Fsp3) is 0.136. The first-order valence-corrected chi connectivity index (χ1v) is 9.30. The van der Waals surface area contributed by atoms with Crippen LogP contribution in [0.2, 0.25) is 0 Å². The molecular weight excluding hydrogens is 400 g/mol. The molecule has 2 N–H and O–H groups in total. The van der Waals surface area contributed by atoms with Crippen molar-refractivity contribution >= 4 is 29.2 Å². The molecule has 0 bridgehead atoms. The first-order valence-electron chi connectivity index (χ1n) is 9.30. The fourth-order valence-corrected chi connectivity index (χ4v) is 2.57. The van der Waals surface area contributed by atoms with Gasteiger partial charge in [0.05, 0.1) is 19.0 Å². The van der Waals surface area contributed by atoms with E-state index in [-0.39, 0.29) is 11.6 Å². The van der Waals surface area contributed by atoms with Crippen molar-refractivity contribution in [1.82, 2.24) is 9.97 Å². The van der Waals surface area contributed by atoms with Gasteiger partial charge in [0.2, 0.25) is 0 Å². The summed E-state index contributed by atoms with van der Waals surface area (Å²) in [6.07, 6.45) is 2.98. The van der Waals surface area contributed by atoms with Crippen LogP contribution in [0.3, 0.4) is 0 Å². The van der Waals surface area contributed by atoms with E-state index in [0.29, 0.717) is 22.7 Å². The molecule has 31 heavy (non-hydrogen) atoms. The number of nitrogens with one attached hydrogen (secondary N) is 2. The van der Waals surface area contributed by atoms with Crippen LogP contribution in [0.15, 0.2) is 67.1 Å². The lowest BCUT2D eigenvalue weighted by Gasteiger charge is -2.13. The minimum Gasteiger partial charge on any atom is -0.495 e. The maximum Gasteiger partial charge on any atom is 0.359 e. The molecule has 0 aliphatic rings. The molecule has 2 aromatic carbocycles. The first-order chi connectivity index (χ1) is 15.0. The van der Waals surface area contributed by atoms with Gasteiger partial charge in [0.1, 0.15) is 5.75 Å². The summed E-state index contributed by atoms with van der Waals surface area (Å²) in [6.45, 7) is 1.44. The number of carbonyl (C=O) groups is 3. The summed E-state index contributed by atoms with van der Waals surface area (Å²) in [5.74, 6) is -1.05. The molecule has 1 heterocycles. The second-order valence-electron chi connectivity index (χ2n) is 6.36. The Morgan fingerprint density at radius 3 is 2.39 bits per heavy atom. The number of carbonyl (C=O) groups excluding carboxylic acids is 3. The van der Waals surface area contributed by atoms with Gasteiger partial charge in [-0.2, -0.15) is 0 Å². The Kier molecular flexibility index (Phi) is 6.89. The van der Waals surface area contributed by atoms with E-state index in [1.54, 1.807) is 48.5 Å². The van der Waals surface area contributed by atoms with Crippen molar-refractivity contribution in [2.75, 3.05) is 17.7 Å². The van der Waals surface area contributed by atoms with Gasteiger partial charge in [-0.15, -0.1) is 0 Å². The number of nitrogens with zero attached hydrogens (tertiary/aromatic N) is 2. The summed E-state index contributed by atoms with van der Waals surface area (Å²) in [4.78, 5) is 44.3. The Morgan fingerprint density at radius 1 is 0.968 bits per heavy atom. The van der Waals surface area contributed by atoms with Gasteiger partial charge in [-0.05, 0) is 43.3 Å². The Morgan fingerprint density at radius 2 is 1.71 bits per heavy atom. The molecule has 2 amide bonds. The number of ether oxygens (including phenoxy) is 2. The van der Waals surface area contributed by atoms with Crippen LogP contribution >= 0.6 is 0 Å². The zero-order chi connectivity index (χ0) is 22.2. The number of hydrogen-bond donors (Lipinski definition) is 2. The lowest BCUT2D eigenvalue weighted by Crippen LogP contribution is -2.30. The Bertz CT molecular complexity index is 1070. The molecule has 1 unspecified atom stereocenters. The van der Waals surface area contributed by atoms with Crippen LogP contribution in [0.25, 0.3) is 0 Å². The SMILES string of the molecule is COc1ccccc1NC(=O)c1ccc(NC(=O)C(C)OC(=O)c2cnccn2)cc1.